The zero-order chi connectivity index (χ0) is 14.2. The van der Waals surface area contributed by atoms with Gasteiger partial charge in [0, 0.05) is 11.8 Å². The van der Waals surface area contributed by atoms with E-state index >= 15 is 0 Å². The minimum atomic E-state index is -1.23. The summed E-state index contributed by atoms with van der Waals surface area (Å²) < 4.78 is 26.0. The molecular weight excluding hydrogens is 260 g/mol. The molecule has 2 rings (SSSR count). The number of imide groups is 1. The van der Waals surface area contributed by atoms with Crippen molar-refractivity contribution >= 4 is 23.4 Å². The number of nitrogens with zero attached hydrogens (tertiary/aromatic N) is 1. The number of hydrogen-bond acceptors (Lipinski definition) is 4. The molecule has 3 N–H and O–H groups in total. The number of hydrogen-bond donors (Lipinski definition) is 2. The van der Waals surface area contributed by atoms with Crippen LogP contribution in [0.15, 0.2) is 12.1 Å². The van der Waals surface area contributed by atoms with Crippen molar-refractivity contribution in [2.24, 2.45) is 0 Å². The Morgan fingerprint density at radius 1 is 1.16 bits per heavy atom. The van der Waals surface area contributed by atoms with E-state index in [0.717, 1.165) is 4.90 Å². The smallest absolute Gasteiger partial charge is 0.256 e. The van der Waals surface area contributed by atoms with Crippen LogP contribution in [0.2, 0.25) is 0 Å². The Hall–Kier alpha value is -2.51. The van der Waals surface area contributed by atoms with Crippen LogP contribution in [0.25, 0.3) is 0 Å². The van der Waals surface area contributed by atoms with Crippen molar-refractivity contribution in [2.75, 3.05) is 18.8 Å². The Kier molecular flexibility index (Phi) is 3.16. The summed E-state index contributed by atoms with van der Waals surface area (Å²) >= 11 is 0. The number of nitrogen functional groups attached to an aromatic ring is 1. The first-order chi connectivity index (χ1) is 8.88. The van der Waals surface area contributed by atoms with Crippen molar-refractivity contribution in [1.29, 1.82) is 0 Å². The summed E-state index contributed by atoms with van der Waals surface area (Å²) in [5, 5.41) is 2.01. The lowest BCUT2D eigenvalue weighted by Gasteiger charge is -2.25. The van der Waals surface area contributed by atoms with Crippen molar-refractivity contribution < 1.29 is 23.2 Å². The van der Waals surface area contributed by atoms with Crippen LogP contribution in [0.5, 0.6) is 0 Å². The first kappa shape index (κ1) is 12.9. The molecule has 8 heteroatoms. The third-order valence-electron chi connectivity index (χ3n) is 2.56. The van der Waals surface area contributed by atoms with Gasteiger partial charge in [-0.25, -0.2) is 8.78 Å². The van der Waals surface area contributed by atoms with Crippen LogP contribution in [-0.4, -0.2) is 35.7 Å². The number of anilines is 1. The molecule has 1 heterocycles. The molecule has 0 bridgehead atoms. The molecule has 1 aromatic rings. The zero-order valence-electron chi connectivity index (χ0n) is 9.57. The average molecular weight is 269 g/mol. The molecule has 0 atom stereocenters. The number of piperazine rings is 1. The highest BCUT2D eigenvalue weighted by Crippen LogP contribution is 2.19. The third kappa shape index (κ3) is 2.51. The summed E-state index contributed by atoms with van der Waals surface area (Å²) in [6.07, 6.45) is 0. The van der Waals surface area contributed by atoms with E-state index in [1.54, 1.807) is 0 Å². The molecule has 1 aliphatic rings. The van der Waals surface area contributed by atoms with Gasteiger partial charge in [-0.3, -0.25) is 19.7 Å². The van der Waals surface area contributed by atoms with E-state index in [-0.39, 0.29) is 24.3 Å². The summed E-state index contributed by atoms with van der Waals surface area (Å²) in [6, 6.07) is 1.32. The fraction of sp³-hybridized carbons (Fsp3) is 0.182. The summed E-state index contributed by atoms with van der Waals surface area (Å²) in [4.78, 5) is 35.2. The highest BCUT2D eigenvalue weighted by Gasteiger charge is 2.28. The Bertz CT molecular complexity index is 573. The van der Waals surface area contributed by atoms with Crippen molar-refractivity contribution in [1.82, 2.24) is 10.2 Å². The second kappa shape index (κ2) is 4.63. The first-order valence-corrected chi connectivity index (χ1v) is 5.25. The molecule has 0 spiro atoms. The molecule has 6 nitrogen and oxygen atoms in total. The van der Waals surface area contributed by atoms with Gasteiger partial charge in [-0.2, -0.15) is 0 Å². The van der Waals surface area contributed by atoms with Gasteiger partial charge in [0.05, 0.1) is 5.56 Å². The number of benzene rings is 1. The summed E-state index contributed by atoms with van der Waals surface area (Å²) in [7, 11) is 0. The summed E-state index contributed by atoms with van der Waals surface area (Å²) in [5.41, 5.74) is 4.88. The average Bonchev–Trinajstić information content (AvgIpc) is 2.31. The molecule has 1 aliphatic heterocycles. The second-order valence-corrected chi connectivity index (χ2v) is 3.99. The fourth-order valence-corrected chi connectivity index (χ4v) is 1.70. The second-order valence-electron chi connectivity index (χ2n) is 3.99. The van der Waals surface area contributed by atoms with Gasteiger partial charge in [-0.05, 0) is 6.07 Å². The number of carbonyl (C=O) groups excluding carboxylic acids is 3. The zero-order valence-corrected chi connectivity index (χ0v) is 9.57. The minimum absolute atomic E-state index is 0.262. The van der Waals surface area contributed by atoms with Crippen LogP contribution in [0.1, 0.15) is 10.4 Å². The van der Waals surface area contributed by atoms with E-state index in [4.69, 9.17) is 5.73 Å². The molecule has 1 saturated heterocycles. The largest absolute Gasteiger partial charge is 0.398 e. The molecule has 19 heavy (non-hydrogen) atoms. The maximum absolute atomic E-state index is 13.1. The van der Waals surface area contributed by atoms with Crippen LogP contribution in [0, 0.1) is 11.6 Å². The van der Waals surface area contributed by atoms with Crippen LogP contribution in [0.3, 0.4) is 0 Å². The lowest BCUT2D eigenvalue weighted by Crippen LogP contribution is -2.53. The monoisotopic (exact) mass is 269 g/mol. The van der Waals surface area contributed by atoms with Gasteiger partial charge in [0.15, 0.2) is 11.6 Å². The molecule has 0 aromatic heterocycles. The van der Waals surface area contributed by atoms with Gasteiger partial charge in [0.1, 0.15) is 13.1 Å². The molecule has 3 amide bonds. The fourth-order valence-electron chi connectivity index (χ4n) is 1.70. The number of halogens is 2. The summed E-state index contributed by atoms with van der Waals surface area (Å²) in [6.45, 7) is -0.688. The molecule has 0 aliphatic carbocycles. The van der Waals surface area contributed by atoms with Gasteiger partial charge in [0.2, 0.25) is 11.8 Å². The molecule has 100 valence electrons. The molecular formula is C11H9F2N3O3. The van der Waals surface area contributed by atoms with Crippen molar-refractivity contribution in [3.8, 4) is 0 Å². The van der Waals surface area contributed by atoms with Crippen LogP contribution in [-0.2, 0) is 9.59 Å². The number of rotatable bonds is 1. The molecule has 1 aromatic carbocycles. The standard InChI is InChI=1S/C11H9F2N3O3/c12-6-1-5(8(14)2-7(6)13)11(19)16-3-9(17)15-10(18)4-16/h1-2H,3-4,14H2,(H,15,17,18). The highest BCUT2D eigenvalue weighted by molar-refractivity contribution is 6.07. The minimum Gasteiger partial charge on any atom is -0.398 e. The lowest BCUT2D eigenvalue weighted by molar-refractivity contribution is -0.135. The number of carbonyl (C=O) groups is 3. The SMILES string of the molecule is Nc1cc(F)c(F)cc1C(=O)N1CC(=O)NC(=O)C1. The maximum Gasteiger partial charge on any atom is 0.256 e. The van der Waals surface area contributed by atoms with Gasteiger partial charge < -0.3 is 10.6 Å². The van der Waals surface area contributed by atoms with E-state index < -0.39 is 29.4 Å². The third-order valence-corrected chi connectivity index (χ3v) is 2.56. The maximum atomic E-state index is 13.1. The number of amides is 3. The normalized spacial score (nSPS) is 15.4. The van der Waals surface area contributed by atoms with Gasteiger partial charge in [-0.15, -0.1) is 0 Å². The predicted molar refractivity (Wildman–Crippen MR) is 59.8 cm³/mol. The first-order valence-electron chi connectivity index (χ1n) is 5.25. The molecule has 0 unspecified atom stereocenters. The van der Waals surface area contributed by atoms with Crippen molar-refractivity contribution in [3.05, 3.63) is 29.3 Å². The Morgan fingerprint density at radius 3 is 2.26 bits per heavy atom. The van der Waals surface area contributed by atoms with E-state index in [2.05, 4.69) is 0 Å². The molecule has 0 radical (unpaired) electrons. The van der Waals surface area contributed by atoms with Crippen LogP contribution < -0.4 is 11.1 Å². The van der Waals surface area contributed by atoms with Gasteiger partial charge in [0.25, 0.3) is 5.91 Å². The topological polar surface area (TPSA) is 92.5 Å². The van der Waals surface area contributed by atoms with Crippen LogP contribution >= 0.6 is 0 Å². The summed E-state index contributed by atoms with van der Waals surface area (Å²) in [5.74, 6) is -4.51. The van der Waals surface area contributed by atoms with E-state index in [1.165, 1.54) is 0 Å². The van der Waals surface area contributed by atoms with E-state index in [1.807, 2.05) is 5.32 Å². The number of nitrogens with two attached hydrogens (primary N) is 1. The van der Waals surface area contributed by atoms with Crippen LogP contribution in [0.4, 0.5) is 14.5 Å². The molecule has 0 saturated carbocycles. The quantitative estimate of drug-likeness (QED) is 0.538. The lowest BCUT2D eigenvalue weighted by atomic mass is 10.1. The van der Waals surface area contributed by atoms with Crippen molar-refractivity contribution in [3.63, 3.8) is 0 Å². The Morgan fingerprint density at radius 2 is 1.68 bits per heavy atom. The number of nitrogens with one attached hydrogen (secondary N) is 1. The van der Waals surface area contributed by atoms with Gasteiger partial charge >= 0.3 is 0 Å². The Balaban J connectivity index is 2.31. The van der Waals surface area contributed by atoms with Gasteiger partial charge in [-0.1, -0.05) is 0 Å². The van der Waals surface area contributed by atoms with Crippen molar-refractivity contribution in [2.45, 2.75) is 0 Å². The Labute approximate surface area is 106 Å². The highest BCUT2D eigenvalue weighted by atomic mass is 19.2. The molecule has 1 fully saturated rings. The van der Waals surface area contributed by atoms with E-state index in [0.29, 0.717) is 12.1 Å². The predicted octanol–water partition coefficient (Wildman–Crippen LogP) is -0.354. The van der Waals surface area contributed by atoms with E-state index in [9.17, 15) is 23.2 Å².